The van der Waals surface area contributed by atoms with E-state index in [2.05, 4.69) is 21.0 Å². The van der Waals surface area contributed by atoms with Crippen LogP contribution in [0.15, 0.2) is 34.9 Å². The number of hydrogen-bond donors (Lipinski definition) is 1. The van der Waals surface area contributed by atoms with Gasteiger partial charge < -0.3 is 5.73 Å². The third-order valence-corrected chi connectivity index (χ3v) is 3.70. The molecule has 0 saturated heterocycles. The number of aryl methyl sites for hydroxylation is 2. The van der Waals surface area contributed by atoms with Crippen LogP contribution in [-0.4, -0.2) is 9.78 Å². The molecule has 0 amide bonds. The van der Waals surface area contributed by atoms with Crippen molar-refractivity contribution in [1.29, 1.82) is 0 Å². The van der Waals surface area contributed by atoms with Crippen molar-refractivity contribution in [1.82, 2.24) is 9.78 Å². The standard InChI is InChI=1S/C13H15BrFN3/c1-18-9(7-8-17-18)5-6-12(16)13-10(14)3-2-4-11(13)15/h2-4,7-8,12H,5-6,16H2,1H3. The molecular formula is C13H15BrFN3. The zero-order chi connectivity index (χ0) is 13.1. The maximum atomic E-state index is 13.7. The Kier molecular flexibility index (Phi) is 4.14. The molecule has 0 spiro atoms. The highest BCUT2D eigenvalue weighted by Gasteiger charge is 2.15. The average molecular weight is 312 g/mol. The molecule has 0 fully saturated rings. The van der Waals surface area contributed by atoms with Gasteiger partial charge in [0, 0.05) is 35.0 Å². The Morgan fingerprint density at radius 1 is 1.44 bits per heavy atom. The SMILES string of the molecule is Cn1nccc1CCC(N)c1c(F)cccc1Br. The van der Waals surface area contributed by atoms with E-state index in [-0.39, 0.29) is 11.9 Å². The molecule has 0 aliphatic heterocycles. The van der Waals surface area contributed by atoms with E-state index in [1.807, 2.05) is 23.9 Å². The average Bonchev–Trinajstić information content (AvgIpc) is 2.72. The second-order valence-corrected chi connectivity index (χ2v) is 5.08. The van der Waals surface area contributed by atoms with Crippen molar-refractivity contribution in [2.24, 2.45) is 12.8 Å². The Morgan fingerprint density at radius 3 is 2.83 bits per heavy atom. The summed E-state index contributed by atoms with van der Waals surface area (Å²) in [5, 5.41) is 4.09. The summed E-state index contributed by atoms with van der Waals surface area (Å²) in [5.41, 5.74) is 7.70. The van der Waals surface area contributed by atoms with E-state index in [1.54, 1.807) is 12.3 Å². The van der Waals surface area contributed by atoms with Crippen LogP contribution in [0.3, 0.4) is 0 Å². The second kappa shape index (κ2) is 5.63. The van der Waals surface area contributed by atoms with E-state index >= 15 is 0 Å². The van der Waals surface area contributed by atoms with Gasteiger partial charge in [0.1, 0.15) is 5.82 Å². The third-order valence-electron chi connectivity index (χ3n) is 3.00. The normalized spacial score (nSPS) is 12.7. The third kappa shape index (κ3) is 2.79. The lowest BCUT2D eigenvalue weighted by molar-refractivity contribution is 0.553. The van der Waals surface area contributed by atoms with Crippen molar-refractivity contribution in [2.75, 3.05) is 0 Å². The fraction of sp³-hybridized carbons (Fsp3) is 0.308. The molecule has 2 aromatic rings. The molecule has 1 heterocycles. The van der Waals surface area contributed by atoms with Gasteiger partial charge in [0.05, 0.1) is 0 Å². The quantitative estimate of drug-likeness (QED) is 0.943. The molecule has 96 valence electrons. The van der Waals surface area contributed by atoms with Crippen molar-refractivity contribution in [3.63, 3.8) is 0 Å². The summed E-state index contributed by atoms with van der Waals surface area (Å²) < 4.78 is 16.2. The highest BCUT2D eigenvalue weighted by molar-refractivity contribution is 9.10. The summed E-state index contributed by atoms with van der Waals surface area (Å²) in [6.07, 6.45) is 3.21. The molecule has 1 aromatic heterocycles. The molecule has 5 heteroatoms. The van der Waals surface area contributed by atoms with Gasteiger partial charge in [-0.1, -0.05) is 22.0 Å². The zero-order valence-corrected chi connectivity index (χ0v) is 11.7. The highest BCUT2D eigenvalue weighted by atomic mass is 79.9. The van der Waals surface area contributed by atoms with E-state index in [1.165, 1.54) is 6.07 Å². The first-order valence-corrected chi connectivity index (χ1v) is 6.55. The number of benzene rings is 1. The van der Waals surface area contributed by atoms with Crippen molar-refractivity contribution in [3.8, 4) is 0 Å². The number of rotatable bonds is 4. The van der Waals surface area contributed by atoms with Crippen molar-refractivity contribution < 1.29 is 4.39 Å². The Balaban J connectivity index is 2.08. The zero-order valence-electron chi connectivity index (χ0n) is 10.1. The number of nitrogens with zero attached hydrogens (tertiary/aromatic N) is 2. The highest BCUT2D eigenvalue weighted by Crippen LogP contribution is 2.27. The summed E-state index contributed by atoms with van der Waals surface area (Å²) in [5.74, 6) is -0.262. The lowest BCUT2D eigenvalue weighted by atomic mass is 10.0. The summed E-state index contributed by atoms with van der Waals surface area (Å²) in [7, 11) is 1.89. The molecule has 1 aromatic carbocycles. The van der Waals surface area contributed by atoms with Crippen LogP contribution < -0.4 is 5.73 Å². The number of nitrogens with two attached hydrogens (primary N) is 1. The maximum absolute atomic E-state index is 13.7. The number of hydrogen-bond acceptors (Lipinski definition) is 2. The van der Waals surface area contributed by atoms with Crippen molar-refractivity contribution in [3.05, 3.63) is 52.0 Å². The van der Waals surface area contributed by atoms with E-state index in [9.17, 15) is 4.39 Å². The minimum atomic E-state index is -0.324. The Labute approximate surface area is 114 Å². The molecule has 0 saturated carbocycles. The van der Waals surface area contributed by atoms with Crippen LogP contribution in [0.4, 0.5) is 4.39 Å². The van der Waals surface area contributed by atoms with E-state index in [0.717, 1.165) is 16.6 Å². The van der Waals surface area contributed by atoms with Gasteiger partial charge in [-0.3, -0.25) is 4.68 Å². The first-order chi connectivity index (χ1) is 8.59. The van der Waals surface area contributed by atoms with E-state index in [4.69, 9.17) is 5.73 Å². The fourth-order valence-electron chi connectivity index (χ4n) is 1.96. The smallest absolute Gasteiger partial charge is 0.129 e. The lowest BCUT2D eigenvalue weighted by Gasteiger charge is -2.14. The monoisotopic (exact) mass is 311 g/mol. The molecule has 18 heavy (non-hydrogen) atoms. The van der Waals surface area contributed by atoms with E-state index in [0.29, 0.717) is 12.0 Å². The predicted molar refractivity (Wildman–Crippen MR) is 72.6 cm³/mol. The van der Waals surface area contributed by atoms with Gasteiger partial charge in [0.15, 0.2) is 0 Å². The number of halogens is 2. The Hall–Kier alpha value is -1.20. The van der Waals surface area contributed by atoms with Gasteiger partial charge in [0.25, 0.3) is 0 Å². The maximum Gasteiger partial charge on any atom is 0.129 e. The van der Waals surface area contributed by atoms with Gasteiger partial charge in [-0.15, -0.1) is 0 Å². The molecule has 0 aliphatic carbocycles. The van der Waals surface area contributed by atoms with Crippen LogP contribution in [-0.2, 0) is 13.5 Å². The molecule has 1 unspecified atom stereocenters. The summed E-state index contributed by atoms with van der Waals surface area (Å²) in [4.78, 5) is 0. The van der Waals surface area contributed by atoms with Gasteiger partial charge in [-0.25, -0.2) is 4.39 Å². The molecule has 0 radical (unpaired) electrons. The molecule has 0 bridgehead atoms. The van der Waals surface area contributed by atoms with Crippen LogP contribution in [0.2, 0.25) is 0 Å². The summed E-state index contributed by atoms with van der Waals surface area (Å²) in [6, 6.07) is 6.53. The second-order valence-electron chi connectivity index (χ2n) is 4.23. The molecule has 3 nitrogen and oxygen atoms in total. The van der Waals surface area contributed by atoms with Crippen LogP contribution in [0, 0.1) is 5.82 Å². The molecule has 0 aliphatic rings. The molecular weight excluding hydrogens is 297 g/mol. The van der Waals surface area contributed by atoms with Crippen molar-refractivity contribution in [2.45, 2.75) is 18.9 Å². The van der Waals surface area contributed by atoms with Crippen LogP contribution >= 0.6 is 15.9 Å². The Morgan fingerprint density at radius 2 is 2.22 bits per heavy atom. The van der Waals surface area contributed by atoms with Crippen LogP contribution in [0.1, 0.15) is 23.7 Å². The van der Waals surface area contributed by atoms with Gasteiger partial charge in [-0.05, 0) is 31.0 Å². The Bertz CT molecular complexity index is 519. The summed E-state index contributed by atoms with van der Waals surface area (Å²) >= 11 is 3.34. The molecule has 1 atom stereocenters. The van der Waals surface area contributed by atoms with Crippen molar-refractivity contribution >= 4 is 15.9 Å². The largest absolute Gasteiger partial charge is 0.324 e. The fourth-order valence-corrected chi connectivity index (χ4v) is 2.60. The van der Waals surface area contributed by atoms with Gasteiger partial charge >= 0.3 is 0 Å². The molecule has 2 rings (SSSR count). The van der Waals surface area contributed by atoms with Crippen LogP contribution in [0.25, 0.3) is 0 Å². The predicted octanol–water partition coefficient (Wildman–Crippen LogP) is 2.95. The van der Waals surface area contributed by atoms with E-state index < -0.39 is 0 Å². The number of aromatic nitrogens is 2. The summed E-state index contributed by atoms with van der Waals surface area (Å²) in [6.45, 7) is 0. The molecule has 2 N–H and O–H groups in total. The lowest BCUT2D eigenvalue weighted by Crippen LogP contribution is -2.14. The van der Waals surface area contributed by atoms with Gasteiger partial charge in [0.2, 0.25) is 0 Å². The first kappa shape index (κ1) is 13.2. The van der Waals surface area contributed by atoms with Gasteiger partial charge in [-0.2, -0.15) is 5.10 Å². The van der Waals surface area contributed by atoms with Crippen LogP contribution in [0.5, 0.6) is 0 Å². The minimum Gasteiger partial charge on any atom is -0.324 e. The first-order valence-electron chi connectivity index (χ1n) is 5.76. The minimum absolute atomic E-state index is 0.262. The topological polar surface area (TPSA) is 43.8 Å².